The molecule has 0 bridgehead atoms. The van der Waals surface area contributed by atoms with Gasteiger partial charge in [-0.05, 0) is 60.2 Å². The van der Waals surface area contributed by atoms with Crippen LogP contribution in [0.4, 0.5) is 5.69 Å². The first kappa shape index (κ1) is 12.7. The number of rotatable bonds is 4. The molecule has 3 N–H and O–H groups in total. The van der Waals surface area contributed by atoms with E-state index in [0.29, 0.717) is 5.56 Å². The van der Waals surface area contributed by atoms with Gasteiger partial charge in [-0.2, -0.15) is 0 Å². The van der Waals surface area contributed by atoms with Gasteiger partial charge < -0.3 is 11.1 Å². The molecule has 0 saturated carbocycles. The number of anilines is 1. The Morgan fingerprint density at radius 3 is 2.55 bits per heavy atom. The van der Waals surface area contributed by atoms with Gasteiger partial charge >= 0.3 is 0 Å². The van der Waals surface area contributed by atoms with Gasteiger partial charge in [-0.15, -0.1) is 0 Å². The number of nitrogens with two attached hydrogens (primary N) is 1. The lowest BCUT2D eigenvalue weighted by atomic mass is 10.1. The summed E-state index contributed by atoms with van der Waals surface area (Å²) in [5.74, 6) is -0.393. The highest BCUT2D eigenvalue weighted by Crippen LogP contribution is 2.23. The summed E-state index contributed by atoms with van der Waals surface area (Å²) in [5.41, 5.74) is 11.0. The molecule has 3 heteroatoms. The molecule has 20 heavy (non-hydrogen) atoms. The molecule has 0 radical (unpaired) electrons. The van der Waals surface area contributed by atoms with Crippen LogP contribution in [0.1, 0.15) is 33.5 Å². The number of benzene rings is 2. The van der Waals surface area contributed by atoms with Crippen molar-refractivity contribution in [2.45, 2.75) is 25.8 Å². The number of hydrogen-bond acceptors (Lipinski definition) is 2. The van der Waals surface area contributed by atoms with Gasteiger partial charge in [0.1, 0.15) is 0 Å². The Bertz CT molecular complexity index is 632. The second-order valence-electron chi connectivity index (χ2n) is 5.25. The summed E-state index contributed by atoms with van der Waals surface area (Å²) < 4.78 is 0. The lowest BCUT2D eigenvalue weighted by Crippen LogP contribution is -2.10. The van der Waals surface area contributed by atoms with Crippen molar-refractivity contribution in [3.63, 3.8) is 0 Å². The number of hydrogen-bond donors (Lipinski definition) is 2. The predicted molar refractivity (Wildman–Crippen MR) is 80.8 cm³/mol. The van der Waals surface area contributed by atoms with Crippen molar-refractivity contribution < 1.29 is 4.79 Å². The van der Waals surface area contributed by atoms with Crippen molar-refractivity contribution >= 4 is 11.6 Å². The zero-order valence-electron chi connectivity index (χ0n) is 11.4. The second-order valence-corrected chi connectivity index (χ2v) is 5.25. The Labute approximate surface area is 118 Å². The zero-order valence-corrected chi connectivity index (χ0v) is 11.4. The predicted octanol–water partition coefficient (Wildman–Crippen LogP) is 2.89. The molecule has 0 unspecified atom stereocenters. The van der Waals surface area contributed by atoms with Crippen LogP contribution in [0.5, 0.6) is 0 Å². The molecular formula is C17H18N2O. The van der Waals surface area contributed by atoms with E-state index in [4.69, 9.17) is 5.73 Å². The molecule has 2 aromatic rings. The summed E-state index contributed by atoms with van der Waals surface area (Å²) in [6.07, 6.45) is 3.70. The molecule has 3 rings (SSSR count). The van der Waals surface area contributed by atoms with Gasteiger partial charge in [0.05, 0.1) is 0 Å². The Kier molecular flexibility index (Phi) is 3.42. The number of fused-ring (bicyclic) bond motifs is 1. The minimum absolute atomic E-state index is 0.393. The average Bonchev–Trinajstić information content (AvgIpc) is 2.93. The summed E-state index contributed by atoms with van der Waals surface area (Å²) >= 11 is 0. The minimum atomic E-state index is -0.393. The Hall–Kier alpha value is -2.29. The van der Waals surface area contributed by atoms with E-state index in [1.165, 1.54) is 36.0 Å². The zero-order chi connectivity index (χ0) is 13.9. The van der Waals surface area contributed by atoms with Crippen LogP contribution >= 0.6 is 0 Å². The van der Waals surface area contributed by atoms with Crippen LogP contribution in [0.15, 0.2) is 42.5 Å². The summed E-state index contributed by atoms with van der Waals surface area (Å²) in [7, 11) is 0. The molecule has 0 spiro atoms. The molecule has 102 valence electrons. The van der Waals surface area contributed by atoms with E-state index < -0.39 is 5.91 Å². The molecule has 1 aliphatic rings. The molecule has 0 atom stereocenters. The third-order valence-electron chi connectivity index (χ3n) is 3.83. The number of carbonyl (C=O) groups excluding carboxylic acids is 1. The van der Waals surface area contributed by atoms with Crippen LogP contribution < -0.4 is 11.1 Å². The minimum Gasteiger partial charge on any atom is -0.381 e. The summed E-state index contributed by atoms with van der Waals surface area (Å²) in [6.45, 7) is 0.795. The molecule has 1 aliphatic carbocycles. The second kappa shape index (κ2) is 5.37. The smallest absolute Gasteiger partial charge is 0.248 e. The monoisotopic (exact) mass is 266 g/mol. The van der Waals surface area contributed by atoms with Crippen molar-refractivity contribution in [2.24, 2.45) is 5.73 Å². The number of aryl methyl sites for hydroxylation is 2. The number of primary amides is 1. The fraction of sp³-hybridized carbons (Fsp3) is 0.235. The molecule has 2 aromatic carbocycles. The standard InChI is InChI=1S/C17H18N2O/c18-17(20)14-6-8-16(9-7-14)19-11-12-4-5-13-2-1-3-15(13)10-12/h4-10,19H,1-3,11H2,(H2,18,20). The fourth-order valence-corrected chi connectivity index (χ4v) is 2.69. The number of carbonyl (C=O) groups is 1. The summed E-state index contributed by atoms with van der Waals surface area (Å²) in [6, 6.07) is 14.0. The Balaban J connectivity index is 1.65. The maximum Gasteiger partial charge on any atom is 0.248 e. The van der Waals surface area contributed by atoms with Crippen LogP contribution in [-0.2, 0) is 19.4 Å². The quantitative estimate of drug-likeness (QED) is 0.894. The number of nitrogens with one attached hydrogen (secondary N) is 1. The van der Waals surface area contributed by atoms with Gasteiger partial charge in [-0.3, -0.25) is 4.79 Å². The largest absolute Gasteiger partial charge is 0.381 e. The molecule has 0 saturated heterocycles. The lowest BCUT2D eigenvalue weighted by molar-refractivity contribution is 0.100. The van der Waals surface area contributed by atoms with Crippen molar-refractivity contribution in [1.29, 1.82) is 0 Å². The first-order chi connectivity index (χ1) is 9.72. The van der Waals surface area contributed by atoms with E-state index in [-0.39, 0.29) is 0 Å². The molecule has 0 heterocycles. The average molecular weight is 266 g/mol. The molecule has 1 amide bonds. The van der Waals surface area contributed by atoms with Gasteiger partial charge in [-0.25, -0.2) is 0 Å². The van der Waals surface area contributed by atoms with E-state index in [9.17, 15) is 4.79 Å². The van der Waals surface area contributed by atoms with Crippen molar-refractivity contribution in [1.82, 2.24) is 0 Å². The van der Waals surface area contributed by atoms with Gasteiger partial charge in [0, 0.05) is 17.8 Å². The van der Waals surface area contributed by atoms with E-state index in [1.807, 2.05) is 12.1 Å². The van der Waals surface area contributed by atoms with Gasteiger partial charge in [0.2, 0.25) is 5.91 Å². The van der Waals surface area contributed by atoms with Gasteiger partial charge in [-0.1, -0.05) is 18.2 Å². The van der Waals surface area contributed by atoms with E-state index in [0.717, 1.165) is 12.2 Å². The van der Waals surface area contributed by atoms with E-state index in [1.54, 1.807) is 12.1 Å². The summed E-state index contributed by atoms with van der Waals surface area (Å²) in [5, 5.41) is 3.37. The Morgan fingerprint density at radius 2 is 1.80 bits per heavy atom. The highest BCUT2D eigenvalue weighted by Gasteiger charge is 2.10. The highest BCUT2D eigenvalue weighted by molar-refractivity contribution is 5.93. The normalized spacial score (nSPS) is 13.0. The van der Waals surface area contributed by atoms with Gasteiger partial charge in [0.15, 0.2) is 0 Å². The van der Waals surface area contributed by atoms with Gasteiger partial charge in [0.25, 0.3) is 0 Å². The van der Waals surface area contributed by atoms with Crippen LogP contribution in [0, 0.1) is 0 Å². The molecule has 0 aliphatic heterocycles. The van der Waals surface area contributed by atoms with Crippen LogP contribution in [0.2, 0.25) is 0 Å². The van der Waals surface area contributed by atoms with Crippen LogP contribution in [-0.4, -0.2) is 5.91 Å². The molecular weight excluding hydrogens is 248 g/mol. The third-order valence-corrected chi connectivity index (χ3v) is 3.83. The topological polar surface area (TPSA) is 55.1 Å². The maximum absolute atomic E-state index is 11.0. The van der Waals surface area contributed by atoms with Crippen LogP contribution in [0.25, 0.3) is 0 Å². The molecule has 3 nitrogen and oxygen atoms in total. The third kappa shape index (κ3) is 2.67. The fourth-order valence-electron chi connectivity index (χ4n) is 2.69. The SMILES string of the molecule is NC(=O)c1ccc(NCc2ccc3c(c2)CCC3)cc1. The van der Waals surface area contributed by atoms with Crippen molar-refractivity contribution in [2.75, 3.05) is 5.32 Å². The Morgan fingerprint density at radius 1 is 1.05 bits per heavy atom. The van der Waals surface area contributed by atoms with E-state index >= 15 is 0 Å². The number of amides is 1. The van der Waals surface area contributed by atoms with Crippen molar-refractivity contribution in [3.05, 3.63) is 64.7 Å². The first-order valence-corrected chi connectivity index (χ1v) is 6.97. The maximum atomic E-state index is 11.0. The highest BCUT2D eigenvalue weighted by atomic mass is 16.1. The summed E-state index contributed by atoms with van der Waals surface area (Å²) in [4.78, 5) is 11.0. The molecule has 0 fully saturated rings. The lowest BCUT2D eigenvalue weighted by Gasteiger charge is -2.08. The molecule has 0 aromatic heterocycles. The van der Waals surface area contributed by atoms with E-state index in [2.05, 4.69) is 23.5 Å². The van der Waals surface area contributed by atoms with Crippen molar-refractivity contribution in [3.8, 4) is 0 Å². The first-order valence-electron chi connectivity index (χ1n) is 6.97. The van der Waals surface area contributed by atoms with Crippen LogP contribution in [0.3, 0.4) is 0 Å².